The highest BCUT2D eigenvalue weighted by Gasteiger charge is 2.31. The molecule has 0 spiro atoms. The van der Waals surface area contributed by atoms with E-state index in [0.29, 0.717) is 5.69 Å². The number of halogens is 4. The van der Waals surface area contributed by atoms with Crippen LogP contribution < -0.4 is 24.3 Å². The van der Waals surface area contributed by atoms with Gasteiger partial charge in [-0.1, -0.05) is 146 Å². The largest absolute Gasteiger partial charge is 0.482 e. The highest BCUT2D eigenvalue weighted by atomic mass is 127. The fraction of sp³-hybridized carbons (Fsp3) is 0.179. The summed E-state index contributed by atoms with van der Waals surface area (Å²) in [7, 11) is 0. The van der Waals surface area contributed by atoms with Gasteiger partial charge in [-0.15, -0.1) is 0 Å². The molecule has 2 atom stereocenters. The number of nitrogens with one attached hydrogen (secondary N) is 1. The molecule has 0 aliphatic heterocycles. The summed E-state index contributed by atoms with van der Waals surface area (Å²) in [5.74, 6) is -2.57. The molecule has 8 rings (SSSR count). The topological polar surface area (TPSA) is 155 Å². The molecular weight excluding hydrogens is 1150 g/mol. The maximum Gasteiger partial charge on any atom is 0.313 e. The lowest BCUT2D eigenvalue weighted by atomic mass is 9.94. The van der Waals surface area contributed by atoms with Crippen LogP contribution in [-0.2, 0) is 48.9 Å². The molecule has 0 aliphatic rings. The van der Waals surface area contributed by atoms with Crippen LogP contribution in [0.3, 0.4) is 0 Å². The van der Waals surface area contributed by atoms with Gasteiger partial charge in [0, 0.05) is 7.14 Å². The Morgan fingerprint density at radius 3 is 1.18 bits per heavy atom. The number of aliphatic carboxylic acids is 1. The van der Waals surface area contributed by atoms with Crippen LogP contribution in [0.15, 0.2) is 183 Å². The standard InChI is InChI=1S/C29H26F2IN3O3.C27H23IN2O4/c30-25(31)16-33-28(36)24(15-20-11-13-23(32)14-12-20)26-27(37-17-21-7-3-1-4-8-21)29(35-19-34-26)38-18-22-9-5-2-6-10-22;28-22-13-11-19(12-14-22)15-23(27(31)32)24-25(33-16-20-7-3-1-4-8-20)26(30-18-29-24)34-17-21-9-5-2-6-10-21/h1-14,19,24-25H,15-18H2,(H,33,36);1-14,18,23H,15-17H2,(H,31,32). The first kappa shape index (κ1) is 52.8. The van der Waals surface area contributed by atoms with Gasteiger partial charge in [0.15, 0.2) is 0 Å². The lowest BCUT2D eigenvalue weighted by Crippen LogP contribution is -2.34. The number of amides is 1. The van der Waals surface area contributed by atoms with E-state index in [1.807, 2.05) is 170 Å². The summed E-state index contributed by atoms with van der Waals surface area (Å²) in [6, 6.07) is 53.8. The Bertz CT molecular complexity index is 2930. The lowest BCUT2D eigenvalue weighted by Gasteiger charge is -2.21. The van der Waals surface area contributed by atoms with E-state index in [9.17, 15) is 23.5 Å². The highest BCUT2D eigenvalue weighted by Crippen LogP contribution is 2.37. The van der Waals surface area contributed by atoms with Crippen molar-refractivity contribution in [3.63, 3.8) is 0 Å². The van der Waals surface area contributed by atoms with Gasteiger partial charge in [0.1, 0.15) is 56.4 Å². The molecule has 0 saturated carbocycles. The van der Waals surface area contributed by atoms with Gasteiger partial charge < -0.3 is 29.4 Å². The summed E-state index contributed by atoms with van der Waals surface area (Å²) < 4.78 is 52.3. The smallest absolute Gasteiger partial charge is 0.313 e. The van der Waals surface area contributed by atoms with Gasteiger partial charge in [-0.2, -0.15) is 9.97 Å². The van der Waals surface area contributed by atoms with Crippen molar-refractivity contribution in [1.82, 2.24) is 25.3 Å². The first-order valence-electron chi connectivity index (χ1n) is 22.7. The zero-order valence-electron chi connectivity index (χ0n) is 38.7. The number of ether oxygens (including phenoxy) is 4. The molecule has 2 unspecified atom stereocenters. The molecule has 0 aliphatic carbocycles. The van der Waals surface area contributed by atoms with Crippen LogP contribution in [0.4, 0.5) is 8.78 Å². The molecule has 1 amide bonds. The number of benzene rings is 6. The minimum Gasteiger partial charge on any atom is -0.482 e. The lowest BCUT2D eigenvalue weighted by molar-refractivity contribution is -0.139. The third kappa shape index (κ3) is 16.2. The molecule has 16 heteroatoms. The minimum absolute atomic E-state index is 0.170. The second-order valence-electron chi connectivity index (χ2n) is 16.1. The Morgan fingerprint density at radius 1 is 0.472 bits per heavy atom. The maximum atomic E-state index is 13.2. The van der Waals surface area contributed by atoms with Gasteiger partial charge in [0.25, 0.3) is 18.2 Å². The van der Waals surface area contributed by atoms with Crippen molar-refractivity contribution in [3.05, 3.63) is 234 Å². The Hall–Kier alpha value is -7.06. The minimum atomic E-state index is -2.68. The molecular formula is C56H49F2I2N5O7. The second-order valence-corrected chi connectivity index (χ2v) is 18.6. The van der Waals surface area contributed by atoms with Gasteiger partial charge in [-0.05, 0) is 116 Å². The van der Waals surface area contributed by atoms with Crippen molar-refractivity contribution in [2.24, 2.45) is 0 Å². The normalized spacial score (nSPS) is 11.6. The molecule has 0 bridgehead atoms. The van der Waals surface area contributed by atoms with Crippen LogP contribution >= 0.6 is 45.2 Å². The summed E-state index contributed by atoms with van der Waals surface area (Å²) in [5, 5.41) is 12.4. The van der Waals surface area contributed by atoms with E-state index >= 15 is 0 Å². The second kappa shape index (κ2) is 27.5. The van der Waals surface area contributed by atoms with Crippen LogP contribution in [0.1, 0.15) is 56.6 Å². The summed E-state index contributed by atoms with van der Waals surface area (Å²) in [4.78, 5) is 42.9. The highest BCUT2D eigenvalue weighted by molar-refractivity contribution is 14.1. The SMILES string of the molecule is O=C(NCC(F)F)C(Cc1ccc(I)cc1)c1ncnc(OCc2ccccc2)c1OCc1ccccc1.O=C(O)C(Cc1ccc(I)cc1)c1ncnc(OCc2ccccc2)c1OCc1ccccc1. The van der Waals surface area contributed by atoms with Crippen molar-refractivity contribution >= 4 is 57.1 Å². The molecule has 0 saturated heterocycles. The van der Waals surface area contributed by atoms with E-state index in [-0.39, 0.29) is 68.2 Å². The van der Waals surface area contributed by atoms with E-state index in [0.717, 1.165) is 40.5 Å². The third-order valence-electron chi connectivity index (χ3n) is 10.9. The molecule has 0 fully saturated rings. The van der Waals surface area contributed by atoms with Gasteiger partial charge in [-0.25, -0.2) is 18.7 Å². The monoisotopic (exact) mass is 1200 g/mol. The van der Waals surface area contributed by atoms with Crippen LogP contribution in [0.25, 0.3) is 0 Å². The Labute approximate surface area is 443 Å². The fourth-order valence-electron chi connectivity index (χ4n) is 7.25. The fourth-order valence-corrected chi connectivity index (χ4v) is 7.97. The summed E-state index contributed by atoms with van der Waals surface area (Å²) in [6.07, 6.45) is 0.439. The summed E-state index contributed by atoms with van der Waals surface area (Å²) in [5.41, 5.74) is 6.03. The van der Waals surface area contributed by atoms with E-state index < -0.39 is 36.7 Å². The van der Waals surface area contributed by atoms with E-state index in [2.05, 4.69) is 70.4 Å². The molecule has 2 N–H and O–H groups in total. The molecule has 2 heterocycles. The molecule has 2 aromatic heterocycles. The van der Waals surface area contributed by atoms with Crippen molar-refractivity contribution in [3.8, 4) is 23.3 Å². The number of hydrogen-bond acceptors (Lipinski definition) is 10. The van der Waals surface area contributed by atoms with Gasteiger partial charge in [-0.3, -0.25) is 9.59 Å². The maximum absolute atomic E-state index is 13.2. The number of hydrogen-bond donors (Lipinski definition) is 2. The van der Waals surface area contributed by atoms with Gasteiger partial charge >= 0.3 is 5.97 Å². The number of alkyl halides is 2. The van der Waals surface area contributed by atoms with E-state index in [1.54, 1.807) is 0 Å². The number of carboxylic acids is 1. The predicted octanol–water partition coefficient (Wildman–Crippen LogP) is 11.6. The quantitative estimate of drug-likeness (QED) is 0.0623. The predicted molar refractivity (Wildman–Crippen MR) is 285 cm³/mol. The third-order valence-corrected chi connectivity index (χ3v) is 12.3. The van der Waals surface area contributed by atoms with Crippen LogP contribution in [0.5, 0.6) is 23.3 Å². The molecule has 6 aromatic carbocycles. The summed E-state index contributed by atoms with van der Waals surface area (Å²) >= 11 is 4.42. The Kier molecular flexibility index (Phi) is 20.2. The Balaban J connectivity index is 0.000000213. The zero-order chi connectivity index (χ0) is 50.5. The van der Waals surface area contributed by atoms with Crippen molar-refractivity contribution in [2.45, 2.75) is 57.5 Å². The number of carboxylic acid groups (broad SMARTS) is 1. The average molecular weight is 1200 g/mol. The van der Waals surface area contributed by atoms with Gasteiger partial charge in [0.2, 0.25) is 17.4 Å². The summed E-state index contributed by atoms with van der Waals surface area (Å²) in [6.45, 7) is 0.146. The molecule has 8 aromatic rings. The average Bonchev–Trinajstić information content (AvgIpc) is 3.41. The van der Waals surface area contributed by atoms with Gasteiger partial charge in [0.05, 0.1) is 12.5 Å². The number of rotatable bonds is 22. The zero-order valence-corrected chi connectivity index (χ0v) is 43.0. The van der Waals surface area contributed by atoms with E-state index in [4.69, 9.17) is 18.9 Å². The Morgan fingerprint density at radius 2 is 0.819 bits per heavy atom. The molecule has 0 radical (unpaired) electrons. The van der Waals surface area contributed by atoms with E-state index in [1.165, 1.54) is 12.7 Å². The number of carbonyl (C=O) groups excluding carboxylic acids is 1. The molecule has 368 valence electrons. The first-order valence-corrected chi connectivity index (χ1v) is 24.9. The van der Waals surface area contributed by atoms with Crippen LogP contribution in [0.2, 0.25) is 0 Å². The molecule has 72 heavy (non-hydrogen) atoms. The first-order chi connectivity index (χ1) is 35.1. The number of carbonyl (C=O) groups is 2. The van der Waals surface area contributed by atoms with Crippen LogP contribution in [-0.4, -0.2) is 49.9 Å². The van der Waals surface area contributed by atoms with Crippen LogP contribution in [0, 0.1) is 7.14 Å². The molecule has 12 nitrogen and oxygen atoms in total. The van der Waals surface area contributed by atoms with Crippen molar-refractivity contribution in [2.75, 3.05) is 6.54 Å². The van der Waals surface area contributed by atoms with Crippen molar-refractivity contribution in [1.29, 1.82) is 0 Å². The number of aromatic nitrogens is 4. The number of nitrogens with zero attached hydrogens (tertiary/aromatic N) is 4. The van der Waals surface area contributed by atoms with Crippen molar-refractivity contribution < 1.29 is 42.4 Å².